The van der Waals surface area contributed by atoms with Gasteiger partial charge in [-0.05, 0) is 54.6 Å². The molecule has 1 amide bonds. The van der Waals surface area contributed by atoms with Crippen LogP contribution in [0, 0.1) is 0 Å². The molecule has 0 aliphatic rings. The maximum Gasteiger partial charge on any atom is 0.263 e. The van der Waals surface area contributed by atoms with Crippen LogP contribution in [0.2, 0.25) is 10.0 Å². The van der Waals surface area contributed by atoms with E-state index >= 15 is 0 Å². The highest BCUT2D eigenvalue weighted by Crippen LogP contribution is 2.25. The van der Waals surface area contributed by atoms with Crippen molar-refractivity contribution in [2.75, 3.05) is 10.0 Å². The van der Waals surface area contributed by atoms with Crippen LogP contribution in [0.1, 0.15) is 10.4 Å². The second kappa shape index (κ2) is 7.96. The van der Waals surface area contributed by atoms with Crippen LogP contribution < -0.4 is 10.0 Å². The number of sulfonamides is 1. The zero-order valence-corrected chi connectivity index (χ0v) is 16.0. The minimum absolute atomic E-state index is 0.0241. The van der Waals surface area contributed by atoms with E-state index in [9.17, 15) is 13.2 Å². The fourth-order valence-corrected chi connectivity index (χ4v) is 3.58. The highest BCUT2D eigenvalue weighted by atomic mass is 35.5. The number of amides is 1. The van der Waals surface area contributed by atoms with Crippen LogP contribution in [-0.2, 0) is 10.0 Å². The van der Waals surface area contributed by atoms with Gasteiger partial charge in [0.1, 0.15) is 4.90 Å². The van der Waals surface area contributed by atoms with Gasteiger partial charge in [0, 0.05) is 28.1 Å². The van der Waals surface area contributed by atoms with Gasteiger partial charge in [0.15, 0.2) is 0 Å². The second-order valence-corrected chi connectivity index (χ2v) is 8.00. The van der Waals surface area contributed by atoms with E-state index in [0.717, 1.165) is 0 Å². The fourth-order valence-electron chi connectivity index (χ4n) is 2.23. The lowest BCUT2D eigenvalue weighted by Crippen LogP contribution is -2.18. The van der Waals surface area contributed by atoms with Crippen molar-refractivity contribution in [2.24, 2.45) is 0 Å². The van der Waals surface area contributed by atoms with E-state index in [0.29, 0.717) is 15.7 Å². The van der Waals surface area contributed by atoms with Gasteiger partial charge in [0.25, 0.3) is 15.9 Å². The molecule has 0 atom stereocenters. The summed E-state index contributed by atoms with van der Waals surface area (Å²) in [6.07, 6.45) is 2.68. The summed E-state index contributed by atoms with van der Waals surface area (Å²) in [6.45, 7) is 0. The van der Waals surface area contributed by atoms with Crippen molar-refractivity contribution in [3.63, 3.8) is 0 Å². The molecule has 0 saturated carbocycles. The molecular formula is C18H13Cl2N3O3S. The third-order valence-corrected chi connectivity index (χ3v) is 5.36. The Kier molecular flexibility index (Phi) is 5.65. The number of hydrogen-bond donors (Lipinski definition) is 2. The summed E-state index contributed by atoms with van der Waals surface area (Å²) in [7, 11) is -3.91. The van der Waals surface area contributed by atoms with Crippen molar-refractivity contribution in [3.8, 4) is 0 Å². The Bertz CT molecular complexity index is 1070. The smallest absolute Gasteiger partial charge is 0.263 e. The van der Waals surface area contributed by atoms with Gasteiger partial charge in [-0.3, -0.25) is 14.5 Å². The molecule has 9 heteroatoms. The quantitative estimate of drug-likeness (QED) is 0.636. The second-order valence-electron chi connectivity index (χ2n) is 5.45. The van der Waals surface area contributed by atoms with Crippen LogP contribution in [0.25, 0.3) is 0 Å². The summed E-state index contributed by atoms with van der Waals surface area (Å²) in [5.41, 5.74) is 0.671. The Balaban J connectivity index is 1.91. The number of nitrogens with one attached hydrogen (secondary N) is 2. The number of carbonyl (C=O) groups excluding carboxylic acids is 1. The molecule has 2 aromatic carbocycles. The first-order valence-electron chi connectivity index (χ1n) is 7.64. The minimum Gasteiger partial charge on any atom is -0.322 e. The van der Waals surface area contributed by atoms with Crippen LogP contribution in [0.5, 0.6) is 0 Å². The molecule has 2 N–H and O–H groups in total. The molecule has 0 fully saturated rings. The van der Waals surface area contributed by atoms with E-state index in [-0.39, 0.29) is 16.1 Å². The van der Waals surface area contributed by atoms with Crippen molar-refractivity contribution in [1.82, 2.24) is 4.98 Å². The van der Waals surface area contributed by atoms with E-state index in [2.05, 4.69) is 15.0 Å². The fraction of sp³-hybridized carbons (Fsp3) is 0. The molecule has 3 rings (SSSR count). The number of aromatic nitrogens is 1. The van der Waals surface area contributed by atoms with Crippen LogP contribution in [0.15, 0.2) is 71.9 Å². The number of nitrogens with zero attached hydrogens (tertiary/aromatic N) is 1. The lowest BCUT2D eigenvalue weighted by molar-refractivity contribution is 0.102. The van der Waals surface area contributed by atoms with Crippen molar-refractivity contribution in [3.05, 3.63) is 82.6 Å². The molecule has 27 heavy (non-hydrogen) atoms. The summed E-state index contributed by atoms with van der Waals surface area (Å²) >= 11 is 11.8. The molecule has 0 unspecified atom stereocenters. The monoisotopic (exact) mass is 421 g/mol. The molecule has 0 bridgehead atoms. The standard InChI is InChI=1S/C18H13Cl2N3O3S/c19-12-3-6-14(7-4-12)22-18(24)16-10-13(20)5-8-17(16)23-27(25,26)15-2-1-9-21-11-15/h1-11,23H,(H,22,24). The zero-order valence-electron chi connectivity index (χ0n) is 13.7. The van der Waals surface area contributed by atoms with Crippen LogP contribution in [0.3, 0.4) is 0 Å². The van der Waals surface area contributed by atoms with E-state index < -0.39 is 15.9 Å². The molecule has 1 heterocycles. The number of anilines is 2. The van der Waals surface area contributed by atoms with Crippen molar-refractivity contribution in [1.29, 1.82) is 0 Å². The maximum absolute atomic E-state index is 12.6. The molecule has 0 radical (unpaired) electrons. The number of rotatable bonds is 5. The maximum atomic E-state index is 12.6. The number of halogens is 2. The Morgan fingerprint density at radius 1 is 0.963 bits per heavy atom. The summed E-state index contributed by atoms with van der Waals surface area (Å²) in [5, 5.41) is 3.50. The lowest BCUT2D eigenvalue weighted by Gasteiger charge is -2.13. The molecule has 138 valence electrons. The molecule has 0 spiro atoms. The van der Waals surface area contributed by atoms with Crippen molar-refractivity contribution < 1.29 is 13.2 Å². The number of pyridine rings is 1. The molecule has 6 nitrogen and oxygen atoms in total. The molecule has 1 aromatic heterocycles. The zero-order chi connectivity index (χ0) is 19.4. The first-order valence-corrected chi connectivity index (χ1v) is 9.88. The normalized spacial score (nSPS) is 11.0. The van der Waals surface area contributed by atoms with Crippen LogP contribution in [0.4, 0.5) is 11.4 Å². The summed E-state index contributed by atoms with van der Waals surface area (Å²) in [5.74, 6) is -0.524. The van der Waals surface area contributed by atoms with E-state index in [1.807, 2.05) is 0 Å². The predicted octanol–water partition coefficient (Wildman–Crippen LogP) is 4.44. The average molecular weight is 422 g/mol. The molecule has 0 saturated heterocycles. The van der Waals surface area contributed by atoms with Crippen LogP contribution in [-0.4, -0.2) is 19.3 Å². The van der Waals surface area contributed by atoms with Gasteiger partial charge in [0.2, 0.25) is 0 Å². The summed E-state index contributed by atoms with van der Waals surface area (Å²) in [6, 6.07) is 13.7. The van der Waals surface area contributed by atoms with Gasteiger partial charge < -0.3 is 5.32 Å². The Hall–Kier alpha value is -2.61. The third-order valence-electron chi connectivity index (χ3n) is 3.52. The van der Waals surface area contributed by atoms with Crippen LogP contribution >= 0.6 is 23.2 Å². The molecule has 0 aliphatic carbocycles. The first-order chi connectivity index (χ1) is 12.8. The molecule has 3 aromatic rings. The summed E-state index contributed by atoms with van der Waals surface area (Å²) < 4.78 is 27.5. The van der Waals surface area contributed by atoms with Crippen molar-refractivity contribution in [2.45, 2.75) is 4.90 Å². The van der Waals surface area contributed by atoms with Gasteiger partial charge in [-0.1, -0.05) is 23.2 Å². The third kappa shape index (κ3) is 4.77. The molecular weight excluding hydrogens is 409 g/mol. The number of carbonyl (C=O) groups is 1. The van der Waals surface area contributed by atoms with Gasteiger partial charge in [-0.15, -0.1) is 0 Å². The highest BCUT2D eigenvalue weighted by molar-refractivity contribution is 7.92. The Morgan fingerprint density at radius 2 is 1.67 bits per heavy atom. The van der Waals surface area contributed by atoms with E-state index in [1.165, 1.54) is 42.7 Å². The minimum atomic E-state index is -3.91. The van der Waals surface area contributed by atoms with Gasteiger partial charge >= 0.3 is 0 Å². The highest BCUT2D eigenvalue weighted by Gasteiger charge is 2.19. The number of benzene rings is 2. The van der Waals surface area contributed by atoms with Crippen molar-refractivity contribution >= 4 is 50.5 Å². The topological polar surface area (TPSA) is 88.2 Å². The molecule has 0 aliphatic heterocycles. The average Bonchev–Trinajstić information content (AvgIpc) is 2.65. The van der Waals surface area contributed by atoms with Gasteiger partial charge in [0.05, 0.1) is 11.3 Å². The lowest BCUT2D eigenvalue weighted by atomic mass is 10.1. The SMILES string of the molecule is O=C(Nc1ccc(Cl)cc1)c1cc(Cl)ccc1NS(=O)(=O)c1cccnc1. The van der Waals surface area contributed by atoms with Gasteiger partial charge in [-0.2, -0.15) is 0 Å². The Labute approximate surface area is 166 Å². The van der Waals surface area contributed by atoms with E-state index in [1.54, 1.807) is 24.3 Å². The Morgan fingerprint density at radius 3 is 2.33 bits per heavy atom. The van der Waals surface area contributed by atoms with E-state index in [4.69, 9.17) is 23.2 Å². The van der Waals surface area contributed by atoms with Gasteiger partial charge in [-0.25, -0.2) is 8.42 Å². The largest absolute Gasteiger partial charge is 0.322 e. The summed E-state index contributed by atoms with van der Waals surface area (Å²) in [4.78, 5) is 16.4. The predicted molar refractivity (Wildman–Crippen MR) is 106 cm³/mol. The first kappa shape index (κ1) is 19.2. The number of hydrogen-bond acceptors (Lipinski definition) is 4.